The second kappa shape index (κ2) is 9.99. The van der Waals surface area contributed by atoms with Crippen LogP contribution < -0.4 is 5.43 Å². The number of nitrogens with zero attached hydrogens (tertiary/aromatic N) is 2. The van der Waals surface area contributed by atoms with Gasteiger partial charge in [0.05, 0.1) is 21.9 Å². The van der Waals surface area contributed by atoms with Crippen molar-refractivity contribution >= 4 is 64.4 Å². The number of hydrazone groups is 1. The number of rotatable bonds is 7. The molecule has 0 saturated heterocycles. The molecule has 0 spiro atoms. The van der Waals surface area contributed by atoms with Crippen LogP contribution in [-0.2, 0) is 4.79 Å². The van der Waals surface area contributed by atoms with E-state index in [0.717, 1.165) is 4.90 Å². The number of carbonyl (C=O) groups is 1. The molecule has 0 aliphatic heterocycles. The highest BCUT2D eigenvalue weighted by molar-refractivity contribution is 8.00. The lowest BCUT2D eigenvalue weighted by Gasteiger charge is -2.02. The Bertz CT molecular complexity index is 1120. The molecule has 0 aliphatic rings. The van der Waals surface area contributed by atoms with Gasteiger partial charge >= 0.3 is 0 Å². The van der Waals surface area contributed by atoms with E-state index >= 15 is 0 Å². The fourth-order valence-corrected chi connectivity index (χ4v) is 3.68. The van der Waals surface area contributed by atoms with Crippen molar-refractivity contribution in [2.75, 3.05) is 5.75 Å². The zero-order valence-electron chi connectivity index (χ0n) is 15.0. The van der Waals surface area contributed by atoms with Gasteiger partial charge in [-0.05, 0) is 42.5 Å². The van der Waals surface area contributed by atoms with E-state index in [1.54, 1.807) is 24.3 Å². The standard InChI is InChI=1S/C19H12Cl3N3O4S/c20-11-1-4-13(5-2-11)30-10-19(26)24-23-9-12-3-6-18(29-12)14-7-17(25(27)28)16(22)8-15(14)21/h1-9H,10H2,(H,24,26)/b23-9-. The number of nitro groups is 1. The van der Waals surface area contributed by atoms with Crippen LogP contribution in [0.25, 0.3) is 11.3 Å². The second-order valence-electron chi connectivity index (χ2n) is 5.78. The van der Waals surface area contributed by atoms with Gasteiger partial charge in [0, 0.05) is 21.5 Å². The van der Waals surface area contributed by atoms with Crippen molar-refractivity contribution in [3.63, 3.8) is 0 Å². The number of hydrogen-bond acceptors (Lipinski definition) is 6. The van der Waals surface area contributed by atoms with Gasteiger partial charge in [-0.25, -0.2) is 5.43 Å². The van der Waals surface area contributed by atoms with E-state index in [1.165, 1.54) is 30.1 Å². The molecule has 0 bridgehead atoms. The fourth-order valence-electron chi connectivity index (χ4n) is 2.31. The molecule has 1 N–H and O–H groups in total. The van der Waals surface area contributed by atoms with Gasteiger partial charge < -0.3 is 4.42 Å². The molecule has 0 radical (unpaired) electrons. The molecule has 0 fully saturated rings. The van der Waals surface area contributed by atoms with Gasteiger partial charge in [-0.3, -0.25) is 14.9 Å². The lowest BCUT2D eigenvalue weighted by molar-refractivity contribution is -0.384. The van der Waals surface area contributed by atoms with Gasteiger partial charge in [0.15, 0.2) is 0 Å². The highest BCUT2D eigenvalue weighted by Crippen LogP contribution is 2.37. The van der Waals surface area contributed by atoms with Crippen LogP contribution in [0, 0.1) is 10.1 Å². The number of furan rings is 1. The maximum atomic E-state index is 11.9. The van der Waals surface area contributed by atoms with Gasteiger partial charge in [-0.1, -0.05) is 34.8 Å². The molecule has 7 nitrogen and oxygen atoms in total. The maximum Gasteiger partial charge on any atom is 0.288 e. The van der Waals surface area contributed by atoms with Crippen molar-refractivity contribution in [2.24, 2.45) is 5.10 Å². The molecule has 0 atom stereocenters. The number of halogens is 3. The first-order valence-corrected chi connectivity index (χ1v) is 10.4. The normalized spacial score (nSPS) is 11.0. The van der Waals surface area contributed by atoms with Crippen LogP contribution in [0.5, 0.6) is 0 Å². The molecule has 2 aromatic carbocycles. The summed E-state index contributed by atoms with van der Waals surface area (Å²) >= 11 is 19.1. The summed E-state index contributed by atoms with van der Waals surface area (Å²) in [6.45, 7) is 0. The van der Waals surface area contributed by atoms with E-state index in [-0.39, 0.29) is 27.4 Å². The lowest BCUT2D eigenvalue weighted by Crippen LogP contribution is -2.19. The Balaban J connectivity index is 1.61. The minimum atomic E-state index is -0.606. The predicted octanol–water partition coefficient (Wildman–Crippen LogP) is 6.06. The van der Waals surface area contributed by atoms with Crippen LogP contribution in [0.4, 0.5) is 5.69 Å². The van der Waals surface area contributed by atoms with Crippen molar-refractivity contribution in [1.82, 2.24) is 5.43 Å². The summed E-state index contributed by atoms with van der Waals surface area (Å²) in [5.41, 5.74) is 2.43. The zero-order chi connectivity index (χ0) is 21.7. The van der Waals surface area contributed by atoms with E-state index in [0.29, 0.717) is 22.1 Å². The average molecular weight is 485 g/mol. The molecule has 1 amide bonds. The molecule has 30 heavy (non-hydrogen) atoms. The number of benzene rings is 2. The summed E-state index contributed by atoms with van der Waals surface area (Å²) in [7, 11) is 0. The Morgan fingerprint density at radius 1 is 1.13 bits per heavy atom. The monoisotopic (exact) mass is 483 g/mol. The Kier molecular flexibility index (Phi) is 7.38. The highest BCUT2D eigenvalue weighted by Gasteiger charge is 2.18. The third-order valence-electron chi connectivity index (χ3n) is 3.69. The molecule has 3 rings (SSSR count). The van der Waals surface area contributed by atoms with Gasteiger partial charge in [-0.15, -0.1) is 11.8 Å². The quantitative estimate of drug-likeness (QED) is 0.190. The van der Waals surface area contributed by atoms with Crippen molar-refractivity contribution in [1.29, 1.82) is 0 Å². The van der Waals surface area contributed by atoms with Crippen LogP contribution in [0.15, 0.2) is 62.9 Å². The van der Waals surface area contributed by atoms with Gasteiger partial charge in [0.2, 0.25) is 5.91 Å². The number of carbonyl (C=O) groups excluding carboxylic acids is 1. The molecule has 1 heterocycles. The molecule has 0 saturated carbocycles. The van der Waals surface area contributed by atoms with E-state index in [2.05, 4.69) is 10.5 Å². The van der Waals surface area contributed by atoms with Crippen LogP contribution in [0.1, 0.15) is 5.76 Å². The molecule has 0 unspecified atom stereocenters. The van der Waals surface area contributed by atoms with E-state index in [9.17, 15) is 14.9 Å². The number of amides is 1. The number of nitro benzene ring substituents is 1. The largest absolute Gasteiger partial charge is 0.455 e. The van der Waals surface area contributed by atoms with Crippen LogP contribution >= 0.6 is 46.6 Å². The summed E-state index contributed by atoms with van der Waals surface area (Å²) in [5.74, 6) is 0.497. The van der Waals surface area contributed by atoms with E-state index in [1.807, 2.05) is 12.1 Å². The average Bonchev–Trinajstić information content (AvgIpc) is 3.16. The highest BCUT2D eigenvalue weighted by atomic mass is 35.5. The van der Waals surface area contributed by atoms with Gasteiger partial charge in [0.25, 0.3) is 5.69 Å². The summed E-state index contributed by atoms with van der Waals surface area (Å²) in [6, 6.07) is 12.8. The first-order valence-electron chi connectivity index (χ1n) is 8.27. The Labute approximate surface area is 190 Å². The van der Waals surface area contributed by atoms with E-state index < -0.39 is 4.92 Å². The van der Waals surface area contributed by atoms with Crippen LogP contribution in [0.3, 0.4) is 0 Å². The number of thioether (sulfide) groups is 1. The second-order valence-corrected chi connectivity index (χ2v) is 8.08. The summed E-state index contributed by atoms with van der Waals surface area (Å²) in [5, 5.41) is 15.7. The predicted molar refractivity (Wildman–Crippen MR) is 119 cm³/mol. The third-order valence-corrected chi connectivity index (χ3v) is 5.57. The molecular formula is C19H12Cl3N3O4S. The van der Waals surface area contributed by atoms with Crippen LogP contribution in [0.2, 0.25) is 15.1 Å². The van der Waals surface area contributed by atoms with Crippen LogP contribution in [-0.4, -0.2) is 22.8 Å². The molecule has 154 valence electrons. The zero-order valence-corrected chi connectivity index (χ0v) is 18.1. The molecule has 11 heteroatoms. The topological polar surface area (TPSA) is 97.7 Å². The Morgan fingerprint density at radius 2 is 1.87 bits per heavy atom. The van der Waals surface area contributed by atoms with E-state index in [4.69, 9.17) is 39.2 Å². The van der Waals surface area contributed by atoms with Crippen molar-refractivity contribution in [3.05, 3.63) is 79.5 Å². The Hall–Kier alpha value is -2.52. The summed E-state index contributed by atoms with van der Waals surface area (Å²) in [6.07, 6.45) is 1.31. The molecule has 0 aliphatic carbocycles. The minimum absolute atomic E-state index is 0.0683. The third kappa shape index (κ3) is 5.76. The number of hydrogen-bond donors (Lipinski definition) is 1. The molecule has 3 aromatic rings. The Morgan fingerprint density at radius 3 is 2.57 bits per heavy atom. The minimum Gasteiger partial charge on any atom is -0.455 e. The van der Waals surface area contributed by atoms with Crippen molar-refractivity contribution in [2.45, 2.75) is 4.90 Å². The SMILES string of the molecule is O=C(CSc1ccc(Cl)cc1)N/N=C\c1ccc(-c2cc([N+](=O)[O-])c(Cl)cc2Cl)o1. The molecular weight excluding hydrogens is 473 g/mol. The number of nitrogens with one attached hydrogen (secondary N) is 1. The summed E-state index contributed by atoms with van der Waals surface area (Å²) < 4.78 is 5.58. The smallest absolute Gasteiger partial charge is 0.288 e. The van der Waals surface area contributed by atoms with Gasteiger partial charge in [0.1, 0.15) is 16.5 Å². The summed E-state index contributed by atoms with van der Waals surface area (Å²) in [4.78, 5) is 23.2. The first-order chi connectivity index (χ1) is 14.3. The lowest BCUT2D eigenvalue weighted by atomic mass is 10.1. The van der Waals surface area contributed by atoms with Gasteiger partial charge in [-0.2, -0.15) is 5.10 Å². The van der Waals surface area contributed by atoms with Crippen molar-refractivity contribution < 1.29 is 14.1 Å². The first kappa shape index (κ1) is 22.2. The molecule has 1 aromatic heterocycles. The fraction of sp³-hybridized carbons (Fsp3) is 0.0526. The maximum absolute atomic E-state index is 11.9. The van der Waals surface area contributed by atoms with Crippen molar-refractivity contribution in [3.8, 4) is 11.3 Å².